The number of furan rings is 1. The quantitative estimate of drug-likeness (QED) is 0.569. The van der Waals surface area contributed by atoms with Crippen LogP contribution in [0.1, 0.15) is 26.5 Å². The zero-order chi connectivity index (χ0) is 18.8. The smallest absolute Gasteiger partial charge is 0.266 e. The van der Waals surface area contributed by atoms with Crippen LogP contribution in [-0.2, 0) is 4.79 Å². The third kappa shape index (κ3) is 3.16. The Morgan fingerprint density at radius 3 is 2.44 bits per heavy atom. The van der Waals surface area contributed by atoms with Gasteiger partial charge in [-0.25, -0.2) is 4.90 Å². The molecule has 1 N–H and O–H groups in total. The van der Waals surface area contributed by atoms with Gasteiger partial charge in [0.15, 0.2) is 0 Å². The predicted octanol–water partition coefficient (Wildman–Crippen LogP) is 3.73. The molecule has 4 rings (SSSR count). The number of rotatable bonds is 4. The van der Waals surface area contributed by atoms with Crippen LogP contribution < -0.4 is 10.2 Å². The Labute approximate surface area is 154 Å². The molecule has 132 valence electrons. The van der Waals surface area contributed by atoms with E-state index in [-0.39, 0.29) is 17.4 Å². The summed E-state index contributed by atoms with van der Waals surface area (Å²) in [6.07, 6.45) is 4.38. The molecule has 0 saturated carbocycles. The first-order chi connectivity index (χ1) is 13.1. The Kier molecular flexibility index (Phi) is 4.14. The van der Waals surface area contributed by atoms with Crippen LogP contribution in [0.5, 0.6) is 0 Å². The lowest BCUT2D eigenvalue weighted by molar-refractivity contribution is -0.111. The van der Waals surface area contributed by atoms with Crippen molar-refractivity contribution in [1.29, 1.82) is 0 Å². The number of hydrogen-bond acceptors (Lipinski definition) is 4. The molecular weight excluding hydrogens is 344 g/mol. The van der Waals surface area contributed by atoms with Crippen LogP contribution in [-0.4, -0.2) is 17.7 Å². The molecule has 6 heteroatoms. The largest absolute Gasteiger partial charge is 0.465 e. The zero-order valence-electron chi connectivity index (χ0n) is 14.1. The van der Waals surface area contributed by atoms with E-state index < -0.39 is 5.91 Å². The number of para-hydroxylation sites is 1. The Morgan fingerprint density at radius 1 is 0.926 bits per heavy atom. The normalized spacial score (nSPS) is 13.3. The van der Waals surface area contributed by atoms with Crippen LogP contribution in [0.3, 0.4) is 0 Å². The van der Waals surface area contributed by atoms with Gasteiger partial charge in [-0.05, 0) is 48.5 Å². The summed E-state index contributed by atoms with van der Waals surface area (Å²) in [6.45, 7) is 0. The molecule has 1 aromatic heterocycles. The molecule has 1 aliphatic rings. The fourth-order valence-corrected chi connectivity index (χ4v) is 2.86. The average Bonchev–Trinajstić information content (AvgIpc) is 3.28. The summed E-state index contributed by atoms with van der Waals surface area (Å²) in [5.74, 6) is -0.610. The van der Waals surface area contributed by atoms with Crippen molar-refractivity contribution < 1.29 is 18.8 Å². The van der Waals surface area contributed by atoms with Crippen LogP contribution in [0.2, 0.25) is 0 Å². The van der Waals surface area contributed by atoms with E-state index in [1.807, 2.05) is 6.07 Å². The Hall–Kier alpha value is -3.93. The van der Waals surface area contributed by atoms with Crippen molar-refractivity contribution in [2.45, 2.75) is 0 Å². The van der Waals surface area contributed by atoms with Crippen molar-refractivity contribution in [2.75, 3.05) is 10.2 Å². The maximum atomic E-state index is 12.7. The predicted molar refractivity (Wildman–Crippen MR) is 100 cm³/mol. The zero-order valence-corrected chi connectivity index (χ0v) is 14.1. The number of benzene rings is 2. The van der Waals surface area contributed by atoms with Crippen LogP contribution in [0.4, 0.5) is 11.4 Å². The van der Waals surface area contributed by atoms with Crippen molar-refractivity contribution in [3.05, 3.63) is 89.9 Å². The fourth-order valence-electron chi connectivity index (χ4n) is 2.86. The topological polar surface area (TPSA) is 79.6 Å². The number of amides is 3. The molecule has 0 radical (unpaired) electrons. The van der Waals surface area contributed by atoms with E-state index >= 15 is 0 Å². The molecule has 0 atom stereocenters. The van der Waals surface area contributed by atoms with Gasteiger partial charge >= 0.3 is 0 Å². The summed E-state index contributed by atoms with van der Waals surface area (Å²) in [6, 6.07) is 16.8. The van der Waals surface area contributed by atoms with Gasteiger partial charge in [0.05, 0.1) is 23.1 Å². The van der Waals surface area contributed by atoms with Crippen molar-refractivity contribution in [2.24, 2.45) is 0 Å². The third-order valence-corrected chi connectivity index (χ3v) is 4.11. The SMILES string of the molecule is O=C(/C=C/c1ccco1)Nc1ccc2c(c1)C(=O)N(c1ccccc1)C2=O. The monoisotopic (exact) mass is 358 g/mol. The van der Waals surface area contributed by atoms with Gasteiger partial charge in [0.1, 0.15) is 5.76 Å². The van der Waals surface area contributed by atoms with Gasteiger partial charge in [-0.15, -0.1) is 0 Å². The lowest BCUT2D eigenvalue weighted by Gasteiger charge is -2.13. The standard InChI is InChI=1S/C21H14N2O4/c24-19(11-9-16-7-4-12-27-16)22-14-8-10-17-18(13-14)21(26)23(20(17)25)15-5-2-1-3-6-15/h1-13H,(H,22,24)/b11-9+. The molecule has 3 amide bonds. The van der Waals surface area contributed by atoms with Gasteiger partial charge in [-0.3, -0.25) is 14.4 Å². The second-order valence-corrected chi connectivity index (χ2v) is 5.88. The van der Waals surface area contributed by atoms with Gasteiger partial charge in [-0.2, -0.15) is 0 Å². The number of carbonyl (C=O) groups is 3. The molecule has 0 aliphatic carbocycles. The van der Waals surface area contributed by atoms with Gasteiger partial charge in [0.25, 0.3) is 11.8 Å². The molecule has 6 nitrogen and oxygen atoms in total. The third-order valence-electron chi connectivity index (χ3n) is 4.11. The van der Waals surface area contributed by atoms with Crippen molar-refractivity contribution in [1.82, 2.24) is 0 Å². The molecule has 0 fully saturated rings. The number of carbonyl (C=O) groups excluding carboxylic acids is 3. The molecule has 2 heterocycles. The lowest BCUT2D eigenvalue weighted by atomic mass is 10.1. The van der Waals surface area contributed by atoms with E-state index in [2.05, 4.69) is 5.32 Å². The minimum Gasteiger partial charge on any atom is -0.465 e. The summed E-state index contributed by atoms with van der Waals surface area (Å²) in [7, 11) is 0. The highest BCUT2D eigenvalue weighted by molar-refractivity contribution is 6.34. The first-order valence-electron chi connectivity index (χ1n) is 8.24. The van der Waals surface area contributed by atoms with Gasteiger partial charge in [-0.1, -0.05) is 18.2 Å². The molecule has 0 bridgehead atoms. The number of anilines is 2. The first-order valence-corrected chi connectivity index (χ1v) is 8.24. The first kappa shape index (κ1) is 16.5. The van der Waals surface area contributed by atoms with Crippen molar-refractivity contribution >= 4 is 35.2 Å². The molecule has 0 unspecified atom stereocenters. The number of hydrogen-bond donors (Lipinski definition) is 1. The van der Waals surface area contributed by atoms with E-state index in [0.717, 1.165) is 4.90 Å². The van der Waals surface area contributed by atoms with Crippen LogP contribution >= 0.6 is 0 Å². The summed E-state index contributed by atoms with van der Waals surface area (Å²) >= 11 is 0. The molecule has 0 spiro atoms. The molecule has 1 aliphatic heterocycles. The summed E-state index contributed by atoms with van der Waals surface area (Å²) in [5, 5.41) is 2.67. The van der Waals surface area contributed by atoms with Gasteiger partial charge in [0.2, 0.25) is 5.91 Å². The number of imide groups is 1. The lowest BCUT2D eigenvalue weighted by Crippen LogP contribution is -2.29. The Balaban J connectivity index is 1.55. The van der Waals surface area contributed by atoms with Gasteiger partial charge < -0.3 is 9.73 Å². The maximum Gasteiger partial charge on any atom is 0.266 e. The van der Waals surface area contributed by atoms with Crippen LogP contribution in [0.15, 0.2) is 77.4 Å². The number of nitrogens with zero attached hydrogens (tertiary/aromatic N) is 1. The highest BCUT2D eigenvalue weighted by Crippen LogP contribution is 2.30. The molecule has 2 aromatic carbocycles. The maximum absolute atomic E-state index is 12.7. The summed E-state index contributed by atoms with van der Waals surface area (Å²) in [5.41, 5.74) is 1.51. The highest BCUT2D eigenvalue weighted by atomic mass is 16.3. The van der Waals surface area contributed by atoms with E-state index in [4.69, 9.17) is 4.42 Å². The summed E-state index contributed by atoms with van der Waals surface area (Å²) in [4.78, 5) is 38.4. The fraction of sp³-hybridized carbons (Fsp3) is 0. The Morgan fingerprint density at radius 2 is 1.70 bits per heavy atom. The minimum atomic E-state index is -0.413. The van der Waals surface area contributed by atoms with Crippen molar-refractivity contribution in [3.63, 3.8) is 0 Å². The molecule has 3 aromatic rings. The minimum absolute atomic E-state index is 0.261. The van der Waals surface area contributed by atoms with E-state index in [0.29, 0.717) is 22.7 Å². The number of nitrogens with one attached hydrogen (secondary N) is 1. The van der Waals surface area contributed by atoms with Crippen molar-refractivity contribution in [3.8, 4) is 0 Å². The van der Waals surface area contributed by atoms with E-state index in [1.54, 1.807) is 48.5 Å². The highest BCUT2D eigenvalue weighted by Gasteiger charge is 2.36. The Bertz CT molecular complexity index is 1050. The molecular formula is C21H14N2O4. The van der Waals surface area contributed by atoms with Crippen LogP contribution in [0, 0.1) is 0 Å². The van der Waals surface area contributed by atoms with Gasteiger partial charge in [0, 0.05) is 11.8 Å². The second-order valence-electron chi connectivity index (χ2n) is 5.88. The number of fused-ring (bicyclic) bond motifs is 1. The average molecular weight is 358 g/mol. The van der Waals surface area contributed by atoms with E-state index in [1.165, 1.54) is 24.5 Å². The molecule has 27 heavy (non-hydrogen) atoms. The van der Waals surface area contributed by atoms with E-state index in [9.17, 15) is 14.4 Å². The summed E-state index contributed by atoms with van der Waals surface area (Å²) < 4.78 is 5.12. The molecule has 0 saturated heterocycles. The van der Waals surface area contributed by atoms with Crippen LogP contribution in [0.25, 0.3) is 6.08 Å². The second kappa shape index (κ2) is 6.76.